The molecule has 0 aliphatic carbocycles. The van der Waals surface area contributed by atoms with Crippen LogP contribution in [0, 0.1) is 0 Å². The number of rotatable bonds is 8. The highest BCUT2D eigenvalue weighted by Gasteiger charge is 2.13. The summed E-state index contributed by atoms with van der Waals surface area (Å²) in [6.45, 7) is 2.89. The first-order valence-electron chi connectivity index (χ1n) is 9.33. The third-order valence-corrected chi connectivity index (χ3v) is 4.07. The number of carbonyl (C=O) groups is 2. The summed E-state index contributed by atoms with van der Waals surface area (Å²) in [4.78, 5) is 33.0. The fraction of sp³-hybridized carbons (Fsp3) is 0.182. The SMILES string of the molecule is CCCNC(=O)c1cccc(C(=O)Nc2ncccc2OCc2ccncc2)c1. The summed E-state index contributed by atoms with van der Waals surface area (Å²) in [5, 5.41) is 5.55. The highest BCUT2D eigenvalue weighted by Crippen LogP contribution is 2.23. The second kappa shape index (κ2) is 9.98. The van der Waals surface area contributed by atoms with E-state index in [0.717, 1.165) is 12.0 Å². The van der Waals surface area contributed by atoms with Gasteiger partial charge in [0.1, 0.15) is 6.61 Å². The Bertz CT molecular complexity index is 977. The molecule has 0 aliphatic heterocycles. The molecule has 2 heterocycles. The Labute approximate surface area is 169 Å². The van der Waals surface area contributed by atoms with Crippen LogP contribution in [0.3, 0.4) is 0 Å². The number of anilines is 1. The van der Waals surface area contributed by atoms with Crippen molar-refractivity contribution in [2.45, 2.75) is 20.0 Å². The van der Waals surface area contributed by atoms with Gasteiger partial charge in [-0.15, -0.1) is 0 Å². The third kappa shape index (κ3) is 5.62. The summed E-state index contributed by atoms with van der Waals surface area (Å²) < 4.78 is 5.80. The van der Waals surface area contributed by atoms with E-state index in [-0.39, 0.29) is 11.8 Å². The number of pyridine rings is 2. The number of nitrogens with zero attached hydrogens (tertiary/aromatic N) is 2. The molecule has 0 bridgehead atoms. The van der Waals surface area contributed by atoms with E-state index >= 15 is 0 Å². The molecule has 0 radical (unpaired) electrons. The van der Waals surface area contributed by atoms with Crippen LogP contribution in [0.5, 0.6) is 5.75 Å². The summed E-state index contributed by atoms with van der Waals surface area (Å²) in [5.41, 5.74) is 1.74. The molecule has 3 aromatic rings. The number of amides is 2. The van der Waals surface area contributed by atoms with Crippen molar-refractivity contribution in [1.29, 1.82) is 0 Å². The van der Waals surface area contributed by atoms with Gasteiger partial charge < -0.3 is 15.4 Å². The van der Waals surface area contributed by atoms with Crippen LogP contribution in [0.2, 0.25) is 0 Å². The second-order valence-electron chi connectivity index (χ2n) is 6.29. The summed E-state index contributed by atoms with van der Waals surface area (Å²) >= 11 is 0. The van der Waals surface area contributed by atoms with E-state index in [1.54, 1.807) is 55.0 Å². The Morgan fingerprint density at radius 1 is 0.966 bits per heavy atom. The van der Waals surface area contributed by atoms with Gasteiger partial charge in [0.05, 0.1) is 0 Å². The molecule has 1 aromatic carbocycles. The molecule has 7 heteroatoms. The molecular weight excluding hydrogens is 368 g/mol. The van der Waals surface area contributed by atoms with Crippen LogP contribution < -0.4 is 15.4 Å². The van der Waals surface area contributed by atoms with Crippen molar-refractivity contribution in [3.05, 3.63) is 83.8 Å². The van der Waals surface area contributed by atoms with Crippen LogP contribution in [-0.2, 0) is 6.61 Å². The first-order valence-corrected chi connectivity index (χ1v) is 9.33. The van der Waals surface area contributed by atoms with Gasteiger partial charge in [0.15, 0.2) is 11.6 Å². The van der Waals surface area contributed by atoms with E-state index in [2.05, 4.69) is 20.6 Å². The average molecular weight is 390 g/mol. The maximum absolute atomic E-state index is 12.7. The molecule has 0 unspecified atom stereocenters. The molecule has 29 heavy (non-hydrogen) atoms. The van der Waals surface area contributed by atoms with Crippen LogP contribution in [0.25, 0.3) is 0 Å². The number of hydrogen-bond acceptors (Lipinski definition) is 5. The number of nitrogens with one attached hydrogen (secondary N) is 2. The molecule has 7 nitrogen and oxygen atoms in total. The summed E-state index contributed by atoms with van der Waals surface area (Å²) in [6, 6.07) is 13.7. The first kappa shape index (κ1) is 20.0. The quantitative estimate of drug-likeness (QED) is 0.614. The highest BCUT2D eigenvalue weighted by atomic mass is 16.5. The van der Waals surface area contributed by atoms with Crippen LogP contribution in [0.4, 0.5) is 5.82 Å². The number of ether oxygens (including phenoxy) is 1. The summed E-state index contributed by atoms with van der Waals surface area (Å²) in [6.07, 6.45) is 5.79. The van der Waals surface area contributed by atoms with Crippen LogP contribution in [0.15, 0.2) is 67.1 Å². The maximum atomic E-state index is 12.7. The van der Waals surface area contributed by atoms with Gasteiger partial charge in [0, 0.05) is 36.3 Å². The van der Waals surface area contributed by atoms with E-state index < -0.39 is 0 Å². The number of hydrogen-bond donors (Lipinski definition) is 2. The molecule has 0 aliphatic rings. The lowest BCUT2D eigenvalue weighted by molar-refractivity contribution is 0.0953. The van der Waals surface area contributed by atoms with Gasteiger partial charge in [0.25, 0.3) is 11.8 Å². The number of benzene rings is 1. The van der Waals surface area contributed by atoms with Crippen molar-refractivity contribution in [1.82, 2.24) is 15.3 Å². The molecular formula is C22H22N4O3. The van der Waals surface area contributed by atoms with Crippen molar-refractivity contribution >= 4 is 17.6 Å². The number of carbonyl (C=O) groups excluding carboxylic acids is 2. The van der Waals surface area contributed by atoms with Gasteiger partial charge in [-0.1, -0.05) is 13.0 Å². The highest BCUT2D eigenvalue weighted by molar-refractivity contribution is 6.06. The zero-order chi connectivity index (χ0) is 20.5. The Hall–Kier alpha value is -3.74. The second-order valence-corrected chi connectivity index (χ2v) is 6.29. The molecule has 2 amide bonds. The monoisotopic (exact) mass is 390 g/mol. The predicted molar refractivity (Wildman–Crippen MR) is 110 cm³/mol. The minimum Gasteiger partial charge on any atom is -0.485 e. The molecule has 0 saturated heterocycles. The molecule has 0 spiro atoms. The predicted octanol–water partition coefficient (Wildman–Crippen LogP) is 3.45. The maximum Gasteiger partial charge on any atom is 0.256 e. The van der Waals surface area contributed by atoms with Crippen LogP contribution in [-0.4, -0.2) is 28.3 Å². The molecule has 148 valence electrons. The Balaban J connectivity index is 1.70. The van der Waals surface area contributed by atoms with E-state index in [1.807, 2.05) is 19.1 Å². The first-order chi connectivity index (χ1) is 14.2. The Kier molecular flexibility index (Phi) is 6.89. The molecule has 0 atom stereocenters. The van der Waals surface area contributed by atoms with E-state index in [4.69, 9.17) is 4.74 Å². The summed E-state index contributed by atoms with van der Waals surface area (Å²) in [5.74, 6) is 0.185. The van der Waals surface area contributed by atoms with Gasteiger partial charge in [-0.2, -0.15) is 0 Å². The molecule has 0 saturated carbocycles. The number of aromatic nitrogens is 2. The molecule has 2 aromatic heterocycles. The lowest BCUT2D eigenvalue weighted by Crippen LogP contribution is -2.24. The van der Waals surface area contributed by atoms with Crippen molar-refractivity contribution < 1.29 is 14.3 Å². The van der Waals surface area contributed by atoms with Crippen LogP contribution >= 0.6 is 0 Å². The Morgan fingerprint density at radius 2 is 1.72 bits per heavy atom. The lowest BCUT2D eigenvalue weighted by Gasteiger charge is -2.12. The fourth-order valence-corrected chi connectivity index (χ4v) is 2.56. The molecule has 2 N–H and O–H groups in total. The van der Waals surface area contributed by atoms with Gasteiger partial charge in [0.2, 0.25) is 0 Å². The van der Waals surface area contributed by atoms with Gasteiger partial charge in [-0.25, -0.2) is 4.98 Å². The minimum absolute atomic E-state index is 0.208. The minimum atomic E-state index is -0.373. The van der Waals surface area contributed by atoms with Crippen molar-refractivity contribution in [2.75, 3.05) is 11.9 Å². The topological polar surface area (TPSA) is 93.2 Å². The average Bonchev–Trinajstić information content (AvgIpc) is 2.77. The van der Waals surface area contributed by atoms with Crippen molar-refractivity contribution in [3.8, 4) is 5.75 Å². The third-order valence-electron chi connectivity index (χ3n) is 4.07. The standard InChI is InChI=1S/C22H22N4O3/c1-2-10-25-21(27)17-5-3-6-18(14-17)22(28)26-20-19(7-4-11-24-20)29-15-16-8-12-23-13-9-16/h3-9,11-14H,2,10,15H2,1H3,(H,25,27)(H,24,26,28). The van der Waals surface area contributed by atoms with Gasteiger partial charge in [-0.05, 0) is 54.4 Å². The van der Waals surface area contributed by atoms with Crippen molar-refractivity contribution in [2.24, 2.45) is 0 Å². The molecule has 3 rings (SSSR count). The van der Waals surface area contributed by atoms with Crippen molar-refractivity contribution in [3.63, 3.8) is 0 Å². The molecule has 0 fully saturated rings. The zero-order valence-corrected chi connectivity index (χ0v) is 16.1. The van der Waals surface area contributed by atoms with Crippen LogP contribution in [0.1, 0.15) is 39.6 Å². The van der Waals surface area contributed by atoms with E-state index in [9.17, 15) is 9.59 Å². The Morgan fingerprint density at radius 3 is 2.48 bits per heavy atom. The zero-order valence-electron chi connectivity index (χ0n) is 16.1. The van der Waals surface area contributed by atoms with E-state index in [1.165, 1.54) is 0 Å². The van der Waals surface area contributed by atoms with Gasteiger partial charge in [-0.3, -0.25) is 14.6 Å². The normalized spacial score (nSPS) is 10.2. The fourth-order valence-electron chi connectivity index (χ4n) is 2.56. The largest absolute Gasteiger partial charge is 0.485 e. The summed E-state index contributed by atoms with van der Waals surface area (Å²) in [7, 11) is 0. The van der Waals surface area contributed by atoms with E-state index in [0.29, 0.717) is 35.8 Å². The smallest absolute Gasteiger partial charge is 0.256 e. The lowest BCUT2D eigenvalue weighted by atomic mass is 10.1. The van der Waals surface area contributed by atoms with Gasteiger partial charge >= 0.3 is 0 Å².